The molecule has 0 saturated carbocycles. The molecule has 0 unspecified atom stereocenters. The van der Waals surface area contributed by atoms with Gasteiger partial charge in [0.2, 0.25) is 0 Å². The van der Waals surface area contributed by atoms with Crippen LogP contribution in [0.5, 0.6) is 0 Å². The van der Waals surface area contributed by atoms with E-state index in [0.717, 1.165) is 84.1 Å². The summed E-state index contributed by atoms with van der Waals surface area (Å²) in [5.74, 6) is 1.32. The van der Waals surface area contributed by atoms with Gasteiger partial charge < -0.3 is 15.4 Å². The summed E-state index contributed by atoms with van der Waals surface area (Å²) in [5.41, 5.74) is 0. The van der Waals surface area contributed by atoms with Gasteiger partial charge in [0.1, 0.15) is 0 Å². The summed E-state index contributed by atoms with van der Waals surface area (Å²) in [5, 5.41) is 6.63. The third kappa shape index (κ3) is 9.93. The summed E-state index contributed by atoms with van der Waals surface area (Å²) in [7, 11) is 0. The van der Waals surface area contributed by atoms with E-state index in [4.69, 9.17) is 4.74 Å². The van der Waals surface area contributed by atoms with Crippen LogP contribution in [0.4, 0.5) is 13.2 Å². The van der Waals surface area contributed by atoms with Crippen molar-refractivity contribution in [2.75, 3.05) is 72.1 Å². The van der Waals surface area contributed by atoms with Gasteiger partial charge in [-0.1, -0.05) is 0 Å². The lowest BCUT2D eigenvalue weighted by Gasteiger charge is -2.32. The highest BCUT2D eigenvalue weighted by atomic mass is 19.4. The van der Waals surface area contributed by atoms with E-state index in [2.05, 4.69) is 20.5 Å². The minimum absolute atomic E-state index is 0.487. The quantitative estimate of drug-likeness (QED) is 0.348. The van der Waals surface area contributed by atoms with Crippen molar-refractivity contribution in [1.29, 1.82) is 0 Å². The molecule has 0 amide bonds. The summed E-state index contributed by atoms with van der Waals surface area (Å²) in [6.07, 6.45) is -0.421. The van der Waals surface area contributed by atoms with Gasteiger partial charge in [0.05, 0.1) is 19.8 Å². The molecule has 6 nitrogen and oxygen atoms in total. The Morgan fingerprint density at radius 2 is 1.79 bits per heavy atom. The minimum atomic E-state index is -4.09. The Hall–Kier alpha value is -1.06. The highest BCUT2D eigenvalue weighted by Gasteiger charge is 2.32. The predicted molar refractivity (Wildman–Crippen MR) is 106 cm³/mol. The Balaban J connectivity index is 1.59. The van der Waals surface area contributed by atoms with Crippen molar-refractivity contribution in [2.45, 2.75) is 38.8 Å². The second-order valence-electron chi connectivity index (χ2n) is 7.62. The second kappa shape index (κ2) is 12.5. The van der Waals surface area contributed by atoms with E-state index in [0.29, 0.717) is 19.0 Å². The van der Waals surface area contributed by atoms with Crippen LogP contribution in [0.2, 0.25) is 0 Å². The fourth-order valence-corrected chi connectivity index (χ4v) is 3.73. The maximum absolute atomic E-state index is 12.5. The Morgan fingerprint density at radius 1 is 1.07 bits per heavy atom. The Labute approximate surface area is 166 Å². The summed E-state index contributed by atoms with van der Waals surface area (Å²) < 4.78 is 42.7. The van der Waals surface area contributed by atoms with Crippen LogP contribution in [-0.2, 0) is 4.74 Å². The van der Waals surface area contributed by atoms with Gasteiger partial charge in [-0.2, -0.15) is 13.2 Å². The van der Waals surface area contributed by atoms with Crippen molar-refractivity contribution < 1.29 is 17.9 Å². The molecule has 0 atom stereocenters. The molecule has 2 aliphatic heterocycles. The van der Waals surface area contributed by atoms with Gasteiger partial charge in [0.25, 0.3) is 0 Å². The largest absolute Gasteiger partial charge is 0.401 e. The Bertz CT molecular complexity index is 447. The number of halogens is 3. The van der Waals surface area contributed by atoms with Crippen LogP contribution in [-0.4, -0.2) is 94.1 Å². The average Bonchev–Trinajstić information content (AvgIpc) is 2.66. The van der Waals surface area contributed by atoms with Gasteiger partial charge >= 0.3 is 6.18 Å². The lowest BCUT2D eigenvalue weighted by Crippen LogP contribution is -2.41. The smallest absolute Gasteiger partial charge is 0.379 e. The van der Waals surface area contributed by atoms with E-state index in [-0.39, 0.29) is 0 Å². The molecule has 0 bridgehead atoms. The first-order valence-electron chi connectivity index (χ1n) is 10.6. The third-order valence-corrected chi connectivity index (χ3v) is 5.31. The third-order valence-electron chi connectivity index (χ3n) is 5.31. The number of alkyl halides is 3. The number of nitrogens with one attached hydrogen (secondary N) is 2. The predicted octanol–water partition coefficient (Wildman–Crippen LogP) is 1.93. The fraction of sp³-hybridized carbons (Fsp3) is 0.947. The van der Waals surface area contributed by atoms with Gasteiger partial charge in [0.15, 0.2) is 5.96 Å². The number of hydrogen-bond donors (Lipinski definition) is 2. The summed E-state index contributed by atoms with van der Waals surface area (Å²) >= 11 is 0. The van der Waals surface area contributed by atoms with Crippen molar-refractivity contribution in [3.05, 3.63) is 0 Å². The number of likely N-dealkylation sites (tertiary alicyclic amines) is 1. The summed E-state index contributed by atoms with van der Waals surface area (Å²) in [6, 6.07) is 0. The van der Waals surface area contributed by atoms with E-state index >= 15 is 0 Å². The Kier molecular flexibility index (Phi) is 10.4. The zero-order chi connectivity index (χ0) is 20.2. The number of ether oxygens (including phenoxy) is 1. The first kappa shape index (κ1) is 23.2. The number of piperidine rings is 1. The molecule has 164 valence electrons. The number of morpholine rings is 1. The lowest BCUT2D eigenvalue weighted by molar-refractivity contribution is -0.148. The highest BCUT2D eigenvalue weighted by Crippen LogP contribution is 2.23. The van der Waals surface area contributed by atoms with Crippen LogP contribution in [0.15, 0.2) is 4.99 Å². The monoisotopic (exact) mass is 407 g/mol. The molecule has 0 aromatic heterocycles. The van der Waals surface area contributed by atoms with Crippen LogP contribution < -0.4 is 10.6 Å². The number of aliphatic imine (C=N–C) groups is 1. The van der Waals surface area contributed by atoms with Crippen molar-refractivity contribution in [3.63, 3.8) is 0 Å². The molecule has 0 aromatic carbocycles. The van der Waals surface area contributed by atoms with Crippen molar-refractivity contribution in [3.8, 4) is 0 Å². The fourth-order valence-electron chi connectivity index (χ4n) is 3.73. The van der Waals surface area contributed by atoms with Gasteiger partial charge in [0, 0.05) is 39.3 Å². The first-order chi connectivity index (χ1) is 13.5. The standard InChI is InChI=1S/C19H36F3N5O/c1-2-23-18(24-7-3-9-26-12-14-28-15-13-26)25-8-4-17-5-10-27(11-6-17)16-19(20,21)22/h17H,2-16H2,1H3,(H2,23,24,25). The van der Waals surface area contributed by atoms with Gasteiger partial charge in [-0.15, -0.1) is 0 Å². The zero-order valence-electron chi connectivity index (χ0n) is 17.1. The minimum Gasteiger partial charge on any atom is -0.379 e. The van der Waals surface area contributed by atoms with Crippen molar-refractivity contribution >= 4 is 5.96 Å². The van der Waals surface area contributed by atoms with Crippen molar-refractivity contribution in [1.82, 2.24) is 20.4 Å². The molecule has 28 heavy (non-hydrogen) atoms. The van der Waals surface area contributed by atoms with Crippen molar-refractivity contribution in [2.24, 2.45) is 10.9 Å². The van der Waals surface area contributed by atoms with E-state index in [1.165, 1.54) is 4.90 Å². The number of hydrogen-bond acceptors (Lipinski definition) is 4. The molecule has 0 radical (unpaired) electrons. The maximum Gasteiger partial charge on any atom is 0.401 e. The van der Waals surface area contributed by atoms with E-state index in [1.54, 1.807) is 0 Å². The molecule has 2 fully saturated rings. The van der Waals surface area contributed by atoms with Gasteiger partial charge in [-0.25, -0.2) is 0 Å². The maximum atomic E-state index is 12.5. The lowest BCUT2D eigenvalue weighted by atomic mass is 9.93. The van der Waals surface area contributed by atoms with Gasteiger partial charge in [-0.05, 0) is 51.6 Å². The molecular weight excluding hydrogens is 371 g/mol. The number of guanidine groups is 1. The Morgan fingerprint density at radius 3 is 2.43 bits per heavy atom. The normalized spacial score (nSPS) is 21.1. The average molecular weight is 408 g/mol. The van der Waals surface area contributed by atoms with E-state index in [9.17, 15) is 13.2 Å². The van der Waals surface area contributed by atoms with Crippen LogP contribution in [0.3, 0.4) is 0 Å². The molecule has 2 heterocycles. The van der Waals surface area contributed by atoms with Crippen LogP contribution >= 0.6 is 0 Å². The van der Waals surface area contributed by atoms with E-state index < -0.39 is 12.7 Å². The molecular formula is C19H36F3N5O. The molecule has 2 aliphatic rings. The topological polar surface area (TPSA) is 52.1 Å². The van der Waals surface area contributed by atoms with Crippen LogP contribution in [0, 0.1) is 5.92 Å². The van der Waals surface area contributed by atoms with Gasteiger partial charge in [-0.3, -0.25) is 14.8 Å². The zero-order valence-corrected chi connectivity index (χ0v) is 17.1. The molecule has 0 spiro atoms. The number of nitrogens with zero attached hydrogens (tertiary/aromatic N) is 3. The summed E-state index contributed by atoms with van der Waals surface area (Å²) in [4.78, 5) is 8.56. The van der Waals surface area contributed by atoms with E-state index in [1.807, 2.05) is 6.92 Å². The van der Waals surface area contributed by atoms with Crippen LogP contribution in [0.1, 0.15) is 32.6 Å². The molecule has 0 aliphatic carbocycles. The molecule has 2 N–H and O–H groups in total. The number of rotatable bonds is 9. The molecule has 0 aromatic rings. The molecule has 9 heteroatoms. The summed E-state index contributed by atoms with van der Waals surface area (Å²) in [6.45, 7) is 9.44. The van der Waals surface area contributed by atoms with Crippen LogP contribution in [0.25, 0.3) is 0 Å². The SMILES string of the molecule is CCNC(=NCCCN1CCOCC1)NCCC1CCN(CC(F)(F)F)CC1. The first-order valence-corrected chi connectivity index (χ1v) is 10.6. The molecule has 2 rings (SSSR count). The second-order valence-corrected chi connectivity index (χ2v) is 7.62. The molecule has 2 saturated heterocycles. The highest BCUT2D eigenvalue weighted by molar-refractivity contribution is 5.79.